The number of carbonyl (C=O) groups is 1. The number of carbonyl (C=O) groups excluding carboxylic acids is 1. The summed E-state index contributed by atoms with van der Waals surface area (Å²) in [5, 5.41) is 9.58. The highest BCUT2D eigenvalue weighted by atomic mass is 19.1. The van der Waals surface area contributed by atoms with Gasteiger partial charge in [0.15, 0.2) is 11.6 Å². The van der Waals surface area contributed by atoms with E-state index in [4.69, 9.17) is 5.73 Å². The molecule has 106 valence electrons. The van der Waals surface area contributed by atoms with Gasteiger partial charge in [0, 0.05) is 12.1 Å². The number of amides is 1. The number of nitrogens with zero attached hydrogens (tertiary/aromatic N) is 3. The van der Waals surface area contributed by atoms with Crippen molar-refractivity contribution in [1.82, 2.24) is 20.3 Å². The molecular formula is C11H10F3N5O. The molecule has 0 radical (unpaired) electrons. The van der Waals surface area contributed by atoms with Crippen LogP contribution in [-0.4, -0.2) is 27.4 Å². The fourth-order valence-corrected chi connectivity index (χ4v) is 1.50. The Bertz CT molecular complexity index is 620. The first kappa shape index (κ1) is 14.0. The van der Waals surface area contributed by atoms with Crippen LogP contribution in [0.4, 0.5) is 13.2 Å². The van der Waals surface area contributed by atoms with E-state index in [1.165, 1.54) is 6.20 Å². The van der Waals surface area contributed by atoms with Crippen molar-refractivity contribution in [2.24, 2.45) is 5.73 Å². The van der Waals surface area contributed by atoms with Gasteiger partial charge in [-0.3, -0.25) is 4.79 Å². The maximum atomic E-state index is 13.5. The molecule has 20 heavy (non-hydrogen) atoms. The van der Waals surface area contributed by atoms with E-state index in [1.807, 2.05) is 0 Å². The van der Waals surface area contributed by atoms with Crippen LogP contribution in [0.3, 0.4) is 0 Å². The van der Waals surface area contributed by atoms with Crippen LogP contribution < -0.4 is 11.1 Å². The SMILES string of the molecule is NCC(=O)NCc1cn(-c2c(F)cc(F)cc2F)nn1. The lowest BCUT2D eigenvalue weighted by Gasteiger charge is -2.03. The molecule has 1 aromatic heterocycles. The van der Waals surface area contributed by atoms with E-state index in [2.05, 4.69) is 15.6 Å². The van der Waals surface area contributed by atoms with Gasteiger partial charge in [-0.2, -0.15) is 0 Å². The topological polar surface area (TPSA) is 85.8 Å². The average Bonchev–Trinajstić information content (AvgIpc) is 2.83. The maximum Gasteiger partial charge on any atom is 0.234 e. The molecule has 1 heterocycles. The van der Waals surface area contributed by atoms with Crippen molar-refractivity contribution < 1.29 is 18.0 Å². The Morgan fingerprint density at radius 1 is 1.30 bits per heavy atom. The van der Waals surface area contributed by atoms with Crippen molar-refractivity contribution in [3.8, 4) is 5.69 Å². The van der Waals surface area contributed by atoms with E-state index >= 15 is 0 Å². The lowest BCUT2D eigenvalue weighted by atomic mass is 10.3. The molecule has 9 heteroatoms. The lowest BCUT2D eigenvalue weighted by molar-refractivity contribution is -0.119. The summed E-state index contributed by atoms with van der Waals surface area (Å²) >= 11 is 0. The first-order valence-corrected chi connectivity index (χ1v) is 5.54. The average molecular weight is 285 g/mol. The van der Waals surface area contributed by atoms with Crippen molar-refractivity contribution in [3.05, 3.63) is 41.5 Å². The molecule has 0 fully saturated rings. The molecule has 2 rings (SSSR count). The van der Waals surface area contributed by atoms with Gasteiger partial charge in [0.1, 0.15) is 17.2 Å². The number of hydrogen-bond donors (Lipinski definition) is 2. The van der Waals surface area contributed by atoms with Crippen LogP contribution in [0.1, 0.15) is 5.69 Å². The molecule has 0 spiro atoms. The third-order valence-electron chi connectivity index (χ3n) is 2.40. The van der Waals surface area contributed by atoms with E-state index in [1.54, 1.807) is 0 Å². The van der Waals surface area contributed by atoms with E-state index in [0.29, 0.717) is 12.1 Å². The number of aromatic nitrogens is 3. The normalized spacial score (nSPS) is 10.6. The Hall–Kier alpha value is -2.42. The number of rotatable bonds is 4. The summed E-state index contributed by atoms with van der Waals surface area (Å²) < 4.78 is 40.7. The lowest BCUT2D eigenvalue weighted by Crippen LogP contribution is -2.29. The Kier molecular flexibility index (Phi) is 3.99. The predicted octanol–water partition coefficient (Wildman–Crippen LogP) is 0.259. The van der Waals surface area contributed by atoms with Crippen LogP contribution in [0.15, 0.2) is 18.3 Å². The molecule has 1 amide bonds. The van der Waals surface area contributed by atoms with Crippen molar-refractivity contribution >= 4 is 5.91 Å². The van der Waals surface area contributed by atoms with E-state index in [9.17, 15) is 18.0 Å². The maximum absolute atomic E-state index is 13.5. The van der Waals surface area contributed by atoms with Crippen LogP contribution in [0.2, 0.25) is 0 Å². The van der Waals surface area contributed by atoms with Crippen LogP contribution in [-0.2, 0) is 11.3 Å². The third kappa shape index (κ3) is 2.94. The smallest absolute Gasteiger partial charge is 0.234 e. The number of nitrogens with two attached hydrogens (primary N) is 1. The predicted molar refractivity (Wildman–Crippen MR) is 62.1 cm³/mol. The number of hydrogen-bond acceptors (Lipinski definition) is 4. The minimum Gasteiger partial charge on any atom is -0.349 e. The summed E-state index contributed by atoms with van der Waals surface area (Å²) in [4.78, 5) is 11.0. The first-order valence-electron chi connectivity index (χ1n) is 5.54. The zero-order chi connectivity index (χ0) is 14.7. The van der Waals surface area contributed by atoms with Gasteiger partial charge in [-0.15, -0.1) is 5.10 Å². The Morgan fingerprint density at radius 2 is 1.95 bits per heavy atom. The molecule has 0 aliphatic carbocycles. The summed E-state index contributed by atoms with van der Waals surface area (Å²) in [5.41, 5.74) is 4.83. The van der Waals surface area contributed by atoms with Crippen LogP contribution in [0, 0.1) is 17.5 Å². The van der Waals surface area contributed by atoms with Gasteiger partial charge < -0.3 is 11.1 Å². The van der Waals surface area contributed by atoms with E-state index < -0.39 is 29.0 Å². The molecule has 3 N–H and O–H groups in total. The second-order valence-electron chi connectivity index (χ2n) is 3.85. The largest absolute Gasteiger partial charge is 0.349 e. The zero-order valence-electron chi connectivity index (χ0n) is 10.1. The van der Waals surface area contributed by atoms with Gasteiger partial charge in [0.25, 0.3) is 0 Å². The summed E-state index contributed by atoms with van der Waals surface area (Å²) in [6.45, 7) is -0.171. The molecule has 0 atom stereocenters. The van der Waals surface area contributed by atoms with Crippen molar-refractivity contribution in [2.45, 2.75) is 6.54 Å². The molecule has 2 aromatic rings. The van der Waals surface area contributed by atoms with Gasteiger partial charge in [0.2, 0.25) is 5.91 Å². The van der Waals surface area contributed by atoms with E-state index in [-0.39, 0.29) is 18.8 Å². The fraction of sp³-hybridized carbons (Fsp3) is 0.182. The summed E-state index contributed by atoms with van der Waals surface area (Å²) in [6, 6.07) is 1.08. The highest BCUT2D eigenvalue weighted by molar-refractivity contribution is 5.77. The summed E-state index contributed by atoms with van der Waals surface area (Å²) in [6.07, 6.45) is 1.22. The van der Waals surface area contributed by atoms with E-state index in [0.717, 1.165) is 4.68 Å². The van der Waals surface area contributed by atoms with Gasteiger partial charge in [0.05, 0.1) is 19.3 Å². The number of halogens is 3. The van der Waals surface area contributed by atoms with Gasteiger partial charge in [-0.25, -0.2) is 17.9 Å². The van der Waals surface area contributed by atoms with Crippen molar-refractivity contribution in [2.75, 3.05) is 6.54 Å². The molecule has 0 saturated heterocycles. The molecule has 0 saturated carbocycles. The Balaban J connectivity index is 2.23. The molecular weight excluding hydrogens is 275 g/mol. The highest BCUT2D eigenvalue weighted by Gasteiger charge is 2.15. The third-order valence-corrected chi connectivity index (χ3v) is 2.40. The monoisotopic (exact) mass is 285 g/mol. The fourth-order valence-electron chi connectivity index (χ4n) is 1.50. The van der Waals surface area contributed by atoms with Gasteiger partial charge in [-0.1, -0.05) is 5.21 Å². The quantitative estimate of drug-likeness (QED) is 0.843. The van der Waals surface area contributed by atoms with Gasteiger partial charge >= 0.3 is 0 Å². The zero-order valence-corrected chi connectivity index (χ0v) is 10.1. The minimum absolute atomic E-state index is 0.0144. The van der Waals surface area contributed by atoms with Gasteiger partial charge in [-0.05, 0) is 0 Å². The Labute approximate surface area is 111 Å². The van der Waals surface area contributed by atoms with Crippen molar-refractivity contribution in [3.63, 3.8) is 0 Å². The molecule has 0 unspecified atom stereocenters. The van der Waals surface area contributed by atoms with Crippen LogP contribution >= 0.6 is 0 Å². The minimum atomic E-state index is -1.11. The highest BCUT2D eigenvalue weighted by Crippen LogP contribution is 2.18. The molecule has 6 nitrogen and oxygen atoms in total. The summed E-state index contributed by atoms with van der Waals surface area (Å²) in [5.74, 6) is -3.65. The number of nitrogens with one attached hydrogen (secondary N) is 1. The second kappa shape index (κ2) is 5.70. The first-order chi connectivity index (χ1) is 9.51. The molecule has 1 aromatic carbocycles. The Morgan fingerprint density at radius 3 is 2.55 bits per heavy atom. The molecule has 0 bridgehead atoms. The van der Waals surface area contributed by atoms with Crippen molar-refractivity contribution in [1.29, 1.82) is 0 Å². The standard InChI is InChI=1S/C11H10F3N5O/c12-6-1-8(13)11(9(14)2-6)19-5-7(17-18-19)4-16-10(20)3-15/h1-2,5H,3-4,15H2,(H,16,20). The number of benzene rings is 1. The molecule has 0 aliphatic heterocycles. The van der Waals surface area contributed by atoms with Crippen LogP contribution in [0.5, 0.6) is 0 Å². The summed E-state index contributed by atoms with van der Waals surface area (Å²) in [7, 11) is 0. The molecule has 0 aliphatic rings. The second-order valence-corrected chi connectivity index (χ2v) is 3.85. The van der Waals surface area contributed by atoms with Crippen LogP contribution in [0.25, 0.3) is 5.69 Å².